The van der Waals surface area contributed by atoms with Crippen molar-refractivity contribution in [1.82, 2.24) is 9.80 Å². The zero-order chi connectivity index (χ0) is 13.8. The molecule has 0 aromatic rings. The van der Waals surface area contributed by atoms with Gasteiger partial charge in [0, 0.05) is 26.7 Å². The molecule has 2 rings (SSSR count). The summed E-state index contributed by atoms with van der Waals surface area (Å²) >= 11 is 0. The van der Waals surface area contributed by atoms with Crippen LogP contribution in [0.3, 0.4) is 0 Å². The van der Waals surface area contributed by atoms with Gasteiger partial charge in [-0.1, -0.05) is 0 Å². The molecule has 2 N–H and O–H groups in total. The summed E-state index contributed by atoms with van der Waals surface area (Å²) in [6, 6.07) is 0. The maximum atomic E-state index is 12.3. The molecule has 126 valence electrons. The van der Waals surface area contributed by atoms with Gasteiger partial charge in [0.25, 0.3) is 5.91 Å². The number of carbonyl (C=O) groups is 1. The Balaban J connectivity index is 0.00000200. The van der Waals surface area contributed by atoms with Crippen LogP contribution in [0.25, 0.3) is 0 Å². The lowest BCUT2D eigenvalue weighted by atomic mass is 9.98. The molecule has 1 amide bonds. The zero-order valence-corrected chi connectivity index (χ0v) is 14.6. The molecule has 0 aliphatic carbocycles. The number of carbonyl (C=O) groups excluding carboxylic acids is 1. The van der Waals surface area contributed by atoms with Crippen LogP contribution in [0.2, 0.25) is 0 Å². The molecule has 0 radical (unpaired) electrons. The fourth-order valence-electron chi connectivity index (χ4n) is 3.21. The first-order chi connectivity index (χ1) is 9.10. The molecule has 0 aromatic heterocycles. The number of piperidine rings is 1. The predicted molar refractivity (Wildman–Crippen MR) is 89.3 cm³/mol. The maximum Gasteiger partial charge on any atom is 0.251 e. The van der Waals surface area contributed by atoms with Crippen molar-refractivity contribution in [3.63, 3.8) is 0 Å². The number of nitrogens with two attached hydrogens (primary N) is 1. The Morgan fingerprint density at radius 2 is 2.05 bits per heavy atom. The summed E-state index contributed by atoms with van der Waals surface area (Å²) in [5, 5.41) is 0. The van der Waals surface area contributed by atoms with Gasteiger partial charge in [-0.15, -0.1) is 24.8 Å². The Labute approximate surface area is 140 Å². The summed E-state index contributed by atoms with van der Waals surface area (Å²) < 4.78 is 5.68. The molecule has 1 unspecified atom stereocenters. The second-order valence-corrected chi connectivity index (χ2v) is 6.05. The van der Waals surface area contributed by atoms with Crippen molar-refractivity contribution < 1.29 is 9.53 Å². The van der Waals surface area contributed by atoms with Crippen molar-refractivity contribution in [2.45, 2.75) is 37.9 Å². The largest absolute Gasteiger partial charge is 0.364 e. The summed E-state index contributed by atoms with van der Waals surface area (Å²) in [5.74, 6) is 0.726. The third kappa shape index (κ3) is 5.91. The first-order valence-corrected chi connectivity index (χ1v) is 7.39. The van der Waals surface area contributed by atoms with Gasteiger partial charge in [0.05, 0.1) is 6.10 Å². The molecular weight excluding hydrogens is 313 g/mol. The van der Waals surface area contributed by atoms with Crippen LogP contribution in [0.4, 0.5) is 0 Å². The average molecular weight is 342 g/mol. The van der Waals surface area contributed by atoms with Gasteiger partial charge >= 0.3 is 0 Å². The third-order valence-corrected chi connectivity index (χ3v) is 4.28. The second-order valence-electron chi connectivity index (χ2n) is 6.05. The Morgan fingerprint density at radius 1 is 1.33 bits per heavy atom. The van der Waals surface area contributed by atoms with E-state index < -0.39 is 0 Å². The number of nitrogens with zero attached hydrogens (tertiary/aromatic N) is 2. The minimum absolute atomic E-state index is 0. The van der Waals surface area contributed by atoms with Crippen molar-refractivity contribution in [1.29, 1.82) is 0 Å². The molecule has 2 fully saturated rings. The van der Waals surface area contributed by atoms with E-state index in [1.54, 1.807) is 0 Å². The third-order valence-electron chi connectivity index (χ3n) is 4.28. The van der Waals surface area contributed by atoms with Crippen LogP contribution in [0.1, 0.15) is 25.7 Å². The molecule has 5 nitrogen and oxygen atoms in total. The number of hydrogen-bond acceptors (Lipinski definition) is 4. The highest BCUT2D eigenvalue weighted by Crippen LogP contribution is 2.22. The van der Waals surface area contributed by atoms with Gasteiger partial charge in [0.15, 0.2) is 0 Å². The van der Waals surface area contributed by atoms with Crippen molar-refractivity contribution in [2.24, 2.45) is 11.7 Å². The summed E-state index contributed by atoms with van der Waals surface area (Å²) in [6.45, 7) is 3.63. The highest BCUT2D eigenvalue weighted by atomic mass is 35.5. The first-order valence-electron chi connectivity index (χ1n) is 7.39. The van der Waals surface area contributed by atoms with Gasteiger partial charge in [-0.3, -0.25) is 4.79 Å². The van der Waals surface area contributed by atoms with Crippen LogP contribution in [0, 0.1) is 5.92 Å². The van der Waals surface area contributed by atoms with Gasteiger partial charge in [-0.2, -0.15) is 0 Å². The number of amides is 1. The van der Waals surface area contributed by atoms with Crippen molar-refractivity contribution in [3.8, 4) is 0 Å². The summed E-state index contributed by atoms with van der Waals surface area (Å²) in [4.78, 5) is 16.5. The molecule has 0 aromatic carbocycles. The van der Waals surface area contributed by atoms with E-state index in [1.165, 1.54) is 19.4 Å². The van der Waals surface area contributed by atoms with Gasteiger partial charge in [-0.25, -0.2) is 0 Å². The molecular formula is C14H29Cl2N3O2. The molecule has 2 heterocycles. The molecule has 3 atom stereocenters. The van der Waals surface area contributed by atoms with E-state index in [0.717, 1.165) is 25.9 Å². The Kier molecular flexibility index (Phi) is 9.81. The van der Waals surface area contributed by atoms with Crippen LogP contribution < -0.4 is 5.73 Å². The number of hydrogen-bond donors (Lipinski definition) is 1. The molecule has 0 bridgehead atoms. The van der Waals surface area contributed by atoms with Crippen LogP contribution >= 0.6 is 24.8 Å². The molecule has 2 aliphatic heterocycles. The van der Waals surface area contributed by atoms with Gasteiger partial charge in [0.1, 0.15) is 6.10 Å². The minimum Gasteiger partial charge on any atom is -0.364 e. The van der Waals surface area contributed by atoms with Crippen LogP contribution in [0.15, 0.2) is 0 Å². The molecule has 0 saturated carbocycles. The monoisotopic (exact) mass is 341 g/mol. The molecule has 21 heavy (non-hydrogen) atoms. The number of ether oxygens (including phenoxy) is 1. The minimum atomic E-state index is -0.264. The van der Waals surface area contributed by atoms with Crippen LogP contribution in [-0.4, -0.2) is 68.2 Å². The number of rotatable bonds is 4. The number of likely N-dealkylation sites (tertiary alicyclic amines) is 1. The summed E-state index contributed by atoms with van der Waals surface area (Å²) in [6.07, 6.45) is 3.99. The normalized spacial score (nSPS) is 29.4. The van der Waals surface area contributed by atoms with E-state index in [4.69, 9.17) is 10.5 Å². The van der Waals surface area contributed by atoms with E-state index in [0.29, 0.717) is 12.5 Å². The molecule has 2 saturated heterocycles. The van der Waals surface area contributed by atoms with Crippen molar-refractivity contribution >= 4 is 30.7 Å². The first kappa shape index (κ1) is 20.9. The smallest absolute Gasteiger partial charge is 0.251 e. The van der Waals surface area contributed by atoms with Crippen LogP contribution in [0.5, 0.6) is 0 Å². The van der Waals surface area contributed by atoms with E-state index in [9.17, 15) is 4.79 Å². The van der Waals surface area contributed by atoms with E-state index in [2.05, 4.69) is 11.9 Å². The topological polar surface area (TPSA) is 58.8 Å². The number of halogens is 2. The lowest BCUT2D eigenvalue weighted by Crippen LogP contribution is -2.43. The Morgan fingerprint density at radius 3 is 2.62 bits per heavy atom. The van der Waals surface area contributed by atoms with Gasteiger partial charge < -0.3 is 20.3 Å². The van der Waals surface area contributed by atoms with Crippen LogP contribution in [-0.2, 0) is 9.53 Å². The lowest BCUT2D eigenvalue weighted by molar-refractivity contribution is -0.142. The Hall–Kier alpha value is -0.0700. The quantitative estimate of drug-likeness (QED) is 0.832. The second kappa shape index (κ2) is 9.85. The molecule has 7 heteroatoms. The van der Waals surface area contributed by atoms with E-state index >= 15 is 0 Å². The fourth-order valence-corrected chi connectivity index (χ4v) is 3.21. The highest BCUT2D eigenvalue weighted by molar-refractivity contribution is 5.85. The van der Waals surface area contributed by atoms with Gasteiger partial charge in [-0.05, 0) is 45.2 Å². The van der Waals surface area contributed by atoms with Crippen molar-refractivity contribution in [2.75, 3.05) is 40.3 Å². The Bertz CT molecular complexity index is 321. The average Bonchev–Trinajstić information content (AvgIpc) is 2.86. The zero-order valence-electron chi connectivity index (χ0n) is 13.0. The summed E-state index contributed by atoms with van der Waals surface area (Å²) in [7, 11) is 4.05. The van der Waals surface area contributed by atoms with Crippen molar-refractivity contribution in [3.05, 3.63) is 0 Å². The standard InChI is InChI=1S/C14H27N3O2.2ClH/c1-16-7-3-4-11(9-16)10-17(2)14(18)13-6-5-12(8-15)19-13;;/h11-13H,3-10,15H2,1-2H3;2*1H/t11?,12-,13+;;/m1../s1. The summed E-state index contributed by atoms with van der Waals surface area (Å²) in [5.41, 5.74) is 5.58. The SMILES string of the molecule is CN1CCCC(CN(C)C(=O)[C@@H]2CC[C@H](CN)O2)C1.Cl.Cl. The highest BCUT2D eigenvalue weighted by Gasteiger charge is 2.32. The molecule has 0 spiro atoms. The van der Waals surface area contributed by atoms with Gasteiger partial charge in [0.2, 0.25) is 0 Å². The molecule has 2 aliphatic rings. The maximum absolute atomic E-state index is 12.3. The predicted octanol–water partition coefficient (Wildman–Crippen LogP) is 1.14. The fraction of sp³-hybridized carbons (Fsp3) is 0.929. The lowest BCUT2D eigenvalue weighted by Gasteiger charge is -2.33. The number of likely N-dealkylation sites (N-methyl/N-ethyl adjacent to an activating group) is 1. The van der Waals surface area contributed by atoms with E-state index in [-0.39, 0.29) is 42.9 Å². The van der Waals surface area contributed by atoms with E-state index in [1.807, 2.05) is 11.9 Å².